The molecule has 3 rings (SSSR count). The molecule has 1 aromatic heterocycles. The molecule has 4 nitrogen and oxygen atoms in total. The van der Waals surface area contributed by atoms with Gasteiger partial charge >= 0.3 is 0 Å². The molecule has 0 radical (unpaired) electrons. The van der Waals surface area contributed by atoms with Gasteiger partial charge in [0.2, 0.25) is 0 Å². The Morgan fingerprint density at radius 3 is 2.44 bits per heavy atom. The van der Waals surface area contributed by atoms with Crippen molar-refractivity contribution in [1.29, 1.82) is 0 Å². The molecule has 0 fully saturated rings. The maximum atomic E-state index is 12.3. The minimum Gasteiger partial charge on any atom is -0.343 e. The van der Waals surface area contributed by atoms with Gasteiger partial charge in [0.25, 0.3) is 5.91 Å². The van der Waals surface area contributed by atoms with Gasteiger partial charge in [-0.05, 0) is 48.9 Å². The number of hydrogen-bond acceptors (Lipinski definition) is 3. The van der Waals surface area contributed by atoms with E-state index in [-0.39, 0.29) is 5.91 Å². The summed E-state index contributed by atoms with van der Waals surface area (Å²) in [5, 5.41) is 3.42. The van der Waals surface area contributed by atoms with Crippen LogP contribution in [0.3, 0.4) is 0 Å². The van der Waals surface area contributed by atoms with Crippen LogP contribution in [-0.2, 0) is 0 Å². The van der Waals surface area contributed by atoms with Crippen molar-refractivity contribution in [3.05, 3.63) is 83.1 Å². The van der Waals surface area contributed by atoms with Gasteiger partial charge in [-0.15, -0.1) is 0 Å². The molecule has 0 unspecified atom stereocenters. The van der Waals surface area contributed by atoms with Crippen molar-refractivity contribution in [2.45, 2.75) is 6.92 Å². The number of rotatable bonds is 4. The molecular weight excluding hydrogens is 334 g/mol. The average molecular weight is 352 g/mol. The Labute approximate surface area is 152 Å². The standard InChI is InChI=1S/C20H18ClN3O/c1-14-8-9-15(12-18(14)21)23-20(25)19-11-10-17(13-22-19)24(2)16-6-4-3-5-7-16/h3-13H,1-2H3,(H,23,25). The fourth-order valence-corrected chi connectivity index (χ4v) is 2.57. The van der Waals surface area contributed by atoms with Crippen LogP contribution < -0.4 is 10.2 Å². The van der Waals surface area contributed by atoms with Crippen molar-refractivity contribution >= 4 is 34.6 Å². The highest BCUT2D eigenvalue weighted by molar-refractivity contribution is 6.31. The second-order valence-electron chi connectivity index (χ2n) is 5.71. The highest BCUT2D eigenvalue weighted by Gasteiger charge is 2.10. The quantitative estimate of drug-likeness (QED) is 0.714. The summed E-state index contributed by atoms with van der Waals surface area (Å²) in [6.07, 6.45) is 1.68. The van der Waals surface area contributed by atoms with E-state index >= 15 is 0 Å². The Bertz CT molecular complexity index is 879. The van der Waals surface area contributed by atoms with E-state index in [0.29, 0.717) is 16.4 Å². The van der Waals surface area contributed by atoms with Crippen molar-refractivity contribution in [3.63, 3.8) is 0 Å². The first-order valence-corrected chi connectivity index (χ1v) is 8.25. The third-order valence-electron chi connectivity index (χ3n) is 3.94. The van der Waals surface area contributed by atoms with Crippen molar-refractivity contribution < 1.29 is 4.79 Å². The summed E-state index contributed by atoms with van der Waals surface area (Å²) < 4.78 is 0. The summed E-state index contributed by atoms with van der Waals surface area (Å²) in [6.45, 7) is 1.91. The Morgan fingerprint density at radius 2 is 1.80 bits per heavy atom. The highest BCUT2D eigenvalue weighted by Crippen LogP contribution is 2.23. The van der Waals surface area contributed by atoms with Gasteiger partial charge in [0.05, 0.1) is 11.9 Å². The Balaban J connectivity index is 1.73. The van der Waals surface area contributed by atoms with Gasteiger partial charge in [0, 0.05) is 23.4 Å². The number of aromatic nitrogens is 1. The van der Waals surface area contributed by atoms with Gasteiger partial charge in [0.15, 0.2) is 0 Å². The number of nitrogens with zero attached hydrogens (tertiary/aromatic N) is 2. The molecule has 0 bridgehead atoms. The average Bonchev–Trinajstić information content (AvgIpc) is 2.65. The largest absolute Gasteiger partial charge is 0.343 e. The molecule has 3 aromatic rings. The Kier molecular flexibility index (Phi) is 5.00. The van der Waals surface area contributed by atoms with E-state index < -0.39 is 0 Å². The smallest absolute Gasteiger partial charge is 0.274 e. The SMILES string of the molecule is Cc1ccc(NC(=O)c2ccc(N(C)c3ccccc3)cn2)cc1Cl. The minimum atomic E-state index is -0.270. The highest BCUT2D eigenvalue weighted by atomic mass is 35.5. The third kappa shape index (κ3) is 3.98. The van der Waals surface area contributed by atoms with Crippen LogP contribution in [0.15, 0.2) is 66.9 Å². The summed E-state index contributed by atoms with van der Waals surface area (Å²) >= 11 is 6.08. The van der Waals surface area contributed by atoms with E-state index in [2.05, 4.69) is 10.3 Å². The van der Waals surface area contributed by atoms with Crippen molar-refractivity contribution in [2.24, 2.45) is 0 Å². The Hall–Kier alpha value is -2.85. The van der Waals surface area contributed by atoms with Crippen LogP contribution in [0.1, 0.15) is 16.1 Å². The van der Waals surface area contributed by atoms with E-state index in [1.165, 1.54) is 0 Å². The zero-order valence-electron chi connectivity index (χ0n) is 14.0. The second kappa shape index (κ2) is 7.36. The van der Waals surface area contributed by atoms with Gasteiger partial charge in [-0.2, -0.15) is 0 Å². The molecule has 0 spiro atoms. The summed E-state index contributed by atoms with van der Waals surface area (Å²) in [5.41, 5.74) is 3.91. The number of benzene rings is 2. The molecule has 1 heterocycles. The first-order valence-electron chi connectivity index (χ1n) is 7.87. The van der Waals surface area contributed by atoms with Crippen molar-refractivity contribution in [3.8, 4) is 0 Å². The number of aryl methyl sites for hydroxylation is 1. The van der Waals surface area contributed by atoms with Crippen molar-refractivity contribution in [2.75, 3.05) is 17.3 Å². The number of amides is 1. The summed E-state index contributed by atoms with van der Waals surface area (Å²) in [7, 11) is 1.96. The van der Waals surface area contributed by atoms with Gasteiger partial charge in [-0.3, -0.25) is 4.79 Å². The van der Waals surface area contributed by atoms with E-state index in [0.717, 1.165) is 16.9 Å². The van der Waals surface area contributed by atoms with Gasteiger partial charge < -0.3 is 10.2 Å². The number of carbonyl (C=O) groups is 1. The Morgan fingerprint density at radius 1 is 1.04 bits per heavy atom. The first-order chi connectivity index (χ1) is 12.0. The molecule has 0 aliphatic carbocycles. The zero-order chi connectivity index (χ0) is 17.8. The number of para-hydroxylation sites is 1. The van der Waals surface area contributed by atoms with Crippen LogP contribution in [-0.4, -0.2) is 17.9 Å². The molecule has 1 amide bonds. The number of halogens is 1. The monoisotopic (exact) mass is 351 g/mol. The van der Waals surface area contributed by atoms with Crippen LogP contribution in [0.2, 0.25) is 5.02 Å². The van der Waals surface area contributed by atoms with Gasteiger partial charge in [-0.1, -0.05) is 35.9 Å². The maximum absolute atomic E-state index is 12.3. The normalized spacial score (nSPS) is 10.4. The van der Waals surface area contributed by atoms with E-state index in [1.54, 1.807) is 18.3 Å². The van der Waals surface area contributed by atoms with Gasteiger partial charge in [0.1, 0.15) is 5.69 Å². The lowest BCUT2D eigenvalue weighted by molar-refractivity contribution is 0.102. The van der Waals surface area contributed by atoms with E-state index in [1.807, 2.05) is 67.4 Å². The molecule has 5 heteroatoms. The molecule has 0 saturated heterocycles. The van der Waals surface area contributed by atoms with Crippen LogP contribution in [0.4, 0.5) is 17.1 Å². The lowest BCUT2D eigenvalue weighted by Gasteiger charge is -2.19. The fraction of sp³-hybridized carbons (Fsp3) is 0.100. The predicted octanol–water partition coefficient (Wildman–Crippen LogP) is 5.06. The molecule has 0 atom stereocenters. The second-order valence-corrected chi connectivity index (χ2v) is 6.12. The van der Waals surface area contributed by atoms with E-state index in [9.17, 15) is 4.79 Å². The van der Waals surface area contributed by atoms with Crippen molar-refractivity contribution in [1.82, 2.24) is 4.98 Å². The van der Waals surface area contributed by atoms with Crippen LogP contribution in [0, 0.1) is 6.92 Å². The summed E-state index contributed by atoms with van der Waals surface area (Å²) in [5.74, 6) is -0.270. The van der Waals surface area contributed by atoms with Crippen LogP contribution in [0.25, 0.3) is 0 Å². The lowest BCUT2D eigenvalue weighted by atomic mass is 10.2. The summed E-state index contributed by atoms with van der Waals surface area (Å²) in [4.78, 5) is 18.6. The molecule has 2 aromatic carbocycles. The molecule has 0 aliphatic heterocycles. The number of nitrogens with one attached hydrogen (secondary N) is 1. The molecule has 126 valence electrons. The molecule has 1 N–H and O–H groups in total. The lowest BCUT2D eigenvalue weighted by Crippen LogP contribution is -2.15. The fourth-order valence-electron chi connectivity index (χ4n) is 2.39. The minimum absolute atomic E-state index is 0.270. The third-order valence-corrected chi connectivity index (χ3v) is 4.35. The van der Waals surface area contributed by atoms with Gasteiger partial charge in [-0.25, -0.2) is 4.98 Å². The molecular formula is C20H18ClN3O. The first kappa shape index (κ1) is 17.0. The molecule has 0 saturated carbocycles. The topological polar surface area (TPSA) is 45.2 Å². The van der Waals surface area contributed by atoms with Crippen LogP contribution in [0.5, 0.6) is 0 Å². The zero-order valence-corrected chi connectivity index (χ0v) is 14.8. The number of pyridine rings is 1. The van der Waals surface area contributed by atoms with Crippen LogP contribution >= 0.6 is 11.6 Å². The number of anilines is 3. The predicted molar refractivity (Wildman–Crippen MR) is 103 cm³/mol. The number of carbonyl (C=O) groups excluding carboxylic acids is 1. The molecule has 0 aliphatic rings. The van der Waals surface area contributed by atoms with E-state index in [4.69, 9.17) is 11.6 Å². The number of hydrogen-bond donors (Lipinski definition) is 1. The summed E-state index contributed by atoms with van der Waals surface area (Å²) in [6, 6.07) is 19.0. The molecule has 25 heavy (non-hydrogen) atoms. The maximum Gasteiger partial charge on any atom is 0.274 e.